The molecular weight excluding hydrogens is 252 g/mol. The van der Waals surface area contributed by atoms with Gasteiger partial charge in [0.15, 0.2) is 0 Å². The van der Waals surface area contributed by atoms with Crippen LogP contribution in [-0.2, 0) is 6.54 Å². The monoisotopic (exact) mass is 272 g/mol. The molecule has 3 rings (SSSR count). The molecule has 0 bridgehead atoms. The Labute approximate surface area is 118 Å². The Morgan fingerprint density at radius 1 is 1.35 bits per heavy atom. The van der Waals surface area contributed by atoms with E-state index in [9.17, 15) is 4.79 Å². The molecule has 1 heterocycles. The number of urea groups is 1. The van der Waals surface area contributed by atoms with Crippen LogP contribution < -0.4 is 10.6 Å². The lowest BCUT2D eigenvalue weighted by Gasteiger charge is -2.09. The Kier molecular flexibility index (Phi) is 3.58. The SMILES string of the molecule is CCCNC(=O)NCc1nc2ccccc2n1C1CC1. The molecule has 0 unspecified atom stereocenters. The number of benzene rings is 1. The molecule has 20 heavy (non-hydrogen) atoms. The van der Waals surface area contributed by atoms with Crippen molar-refractivity contribution in [3.8, 4) is 0 Å². The van der Waals surface area contributed by atoms with Crippen LogP contribution in [0.1, 0.15) is 38.1 Å². The van der Waals surface area contributed by atoms with Crippen LogP contribution in [0.5, 0.6) is 0 Å². The number of carbonyl (C=O) groups excluding carboxylic acids is 1. The molecule has 0 aliphatic heterocycles. The molecule has 0 atom stereocenters. The van der Waals surface area contributed by atoms with Gasteiger partial charge in [-0.25, -0.2) is 9.78 Å². The molecule has 1 aliphatic carbocycles. The first-order valence-corrected chi connectivity index (χ1v) is 7.27. The van der Waals surface area contributed by atoms with Crippen molar-refractivity contribution in [1.29, 1.82) is 0 Å². The van der Waals surface area contributed by atoms with Gasteiger partial charge in [-0.2, -0.15) is 0 Å². The minimum absolute atomic E-state index is 0.124. The van der Waals surface area contributed by atoms with Crippen LogP contribution >= 0.6 is 0 Å². The minimum Gasteiger partial charge on any atom is -0.338 e. The molecule has 2 aromatic rings. The third kappa shape index (κ3) is 2.61. The quantitative estimate of drug-likeness (QED) is 0.879. The summed E-state index contributed by atoms with van der Waals surface area (Å²) in [6.07, 6.45) is 3.35. The van der Waals surface area contributed by atoms with E-state index >= 15 is 0 Å². The highest BCUT2D eigenvalue weighted by Crippen LogP contribution is 2.38. The van der Waals surface area contributed by atoms with Gasteiger partial charge in [0.2, 0.25) is 0 Å². The Morgan fingerprint density at radius 3 is 2.90 bits per heavy atom. The number of rotatable bonds is 5. The van der Waals surface area contributed by atoms with Crippen LogP contribution in [0.25, 0.3) is 11.0 Å². The summed E-state index contributed by atoms with van der Waals surface area (Å²) >= 11 is 0. The van der Waals surface area contributed by atoms with Crippen molar-refractivity contribution in [1.82, 2.24) is 20.2 Å². The van der Waals surface area contributed by atoms with Crippen molar-refractivity contribution in [2.75, 3.05) is 6.54 Å². The number of nitrogens with one attached hydrogen (secondary N) is 2. The second-order valence-corrected chi connectivity index (χ2v) is 5.23. The Hall–Kier alpha value is -2.04. The maximum atomic E-state index is 11.6. The van der Waals surface area contributed by atoms with Gasteiger partial charge in [0.1, 0.15) is 5.82 Å². The fourth-order valence-electron chi connectivity index (χ4n) is 2.42. The molecule has 2 amide bonds. The van der Waals surface area contributed by atoms with E-state index in [-0.39, 0.29) is 6.03 Å². The number of amides is 2. The number of aromatic nitrogens is 2. The van der Waals surface area contributed by atoms with Gasteiger partial charge in [-0.1, -0.05) is 19.1 Å². The first-order chi connectivity index (χ1) is 9.79. The van der Waals surface area contributed by atoms with Crippen LogP contribution in [0.2, 0.25) is 0 Å². The van der Waals surface area contributed by atoms with Crippen molar-refractivity contribution in [2.24, 2.45) is 0 Å². The molecule has 1 fully saturated rings. The molecule has 1 aliphatic rings. The van der Waals surface area contributed by atoms with E-state index < -0.39 is 0 Å². The maximum Gasteiger partial charge on any atom is 0.315 e. The fraction of sp³-hybridized carbons (Fsp3) is 0.467. The van der Waals surface area contributed by atoms with Crippen LogP contribution in [-0.4, -0.2) is 22.1 Å². The first-order valence-electron chi connectivity index (χ1n) is 7.27. The van der Waals surface area contributed by atoms with E-state index in [1.165, 1.54) is 18.4 Å². The number of para-hydroxylation sites is 2. The summed E-state index contributed by atoms with van der Waals surface area (Å²) in [6, 6.07) is 8.58. The first kappa shape index (κ1) is 13.0. The number of fused-ring (bicyclic) bond motifs is 1. The molecular formula is C15H20N4O. The largest absolute Gasteiger partial charge is 0.338 e. The van der Waals surface area contributed by atoms with E-state index in [2.05, 4.69) is 26.3 Å². The molecule has 1 saturated carbocycles. The molecule has 2 N–H and O–H groups in total. The lowest BCUT2D eigenvalue weighted by molar-refractivity contribution is 0.240. The Morgan fingerprint density at radius 2 is 2.15 bits per heavy atom. The smallest absolute Gasteiger partial charge is 0.315 e. The van der Waals surface area contributed by atoms with E-state index in [0.29, 0.717) is 19.1 Å². The summed E-state index contributed by atoms with van der Waals surface area (Å²) in [7, 11) is 0. The molecule has 1 aromatic heterocycles. The third-order valence-electron chi connectivity index (χ3n) is 3.52. The van der Waals surface area contributed by atoms with Crippen LogP contribution in [0, 0.1) is 0 Å². The van der Waals surface area contributed by atoms with E-state index in [0.717, 1.165) is 17.8 Å². The third-order valence-corrected chi connectivity index (χ3v) is 3.52. The molecule has 0 saturated heterocycles. The highest BCUT2D eigenvalue weighted by Gasteiger charge is 2.27. The Bertz CT molecular complexity index is 615. The molecule has 5 nitrogen and oxygen atoms in total. The minimum atomic E-state index is -0.124. The number of hydrogen-bond donors (Lipinski definition) is 2. The Balaban J connectivity index is 1.77. The van der Waals surface area contributed by atoms with Gasteiger partial charge >= 0.3 is 6.03 Å². The molecule has 5 heteroatoms. The lowest BCUT2D eigenvalue weighted by atomic mass is 10.3. The molecule has 0 radical (unpaired) electrons. The fourth-order valence-corrected chi connectivity index (χ4v) is 2.42. The van der Waals surface area contributed by atoms with Crippen LogP contribution in [0.3, 0.4) is 0 Å². The summed E-state index contributed by atoms with van der Waals surface area (Å²) in [4.78, 5) is 16.3. The van der Waals surface area contributed by atoms with Crippen LogP contribution in [0.4, 0.5) is 4.79 Å². The van der Waals surface area contributed by atoms with E-state index in [4.69, 9.17) is 0 Å². The summed E-state index contributed by atoms with van der Waals surface area (Å²) in [6.45, 7) is 3.21. The zero-order valence-electron chi connectivity index (χ0n) is 11.7. The van der Waals surface area contributed by atoms with Gasteiger partial charge < -0.3 is 15.2 Å². The van der Waals surface area contributed by atoms with E-state index in [1.807, 2.05) is 25.1 Å². The average Bonchev–Trinajstić information content (AvgIpc) is 3.23. The lowest BCUT2D eigenvalue weighted by Crippen LogP contribution is -2.36. The zero-order chi connectivity index (χ0) is 13.9. The topological polar surface area (TPSA) is 59.0 Å². The van der Waals surface area contributed by atoms with Crippen molar-refractivity contribution >= 4 is 17.1 Å². The van der Waals surface area contributed by atoms with Gasteiger partial charge in [0, 0.05) is 12.6 Å². The molecule has 106 valence electrons. The van der Waals surface area contributed by atoms with Gasteiger partial charge in [0.25, 0.3) is 0 Å². The van der Waals surface area contributed by atoms with Crippen molar-refractivity contribution in [3.05, 3.63) is 30.1 Å². The highest BCUT2D eigenvalue weighted by atomic mass is 16.2. The second-order valence-electron chi connectivity index (χ2n) is 5.23. The van der Waals surface area contributed by atoms with Crippen LogP contribution in [0.15, 0.2) is 24.3 Å². The van der Waals surface area contributed by atoms with Gasteiger partial charge in [-0.3, -0.25) is 0 Å². The average molecular weight is 272 g/mol. The normalized spacial score (nSPS) is 14.4. The standard InChI is InChI=1S/C15H20N4O/c1-2-9-16-15(20)17-10-14-18-12-5-3-4-6-13(12)19(14)11-7-8-11/h3-6,11H,2,7-10H2,1H3,(H2,16,17,20). The van der Waals surface area contributed by atoms with Crippen molar-refractivity contribution < 1.29 is 4.79 Å². The van der Waals surface area contributed by atoms with Gasteiger partial charge in [-0.05, 0) is 31.4 Å². The summed E-state index contributed by atoms with van der Waals surface area (Å²) in [5, 5.41) is 5.70. The zero-order valence-corrected chi connectivity index (χ0v) is 11.7. The number of imidazole rings is 1. The number of hydrogen-bond acceptors (Lipinski definition) is 2. The van der Waals surface area contributed by atoms with Crippen molar-refractivity contribution in [3.63, 3.8) is 0 Å². The predicted molar refractivity (Wildman–Crippen MR) is 78.5 cm³/mol. The highest BCUT2D eigenvalue weighted by molar-refractivity contribution is 5.77. The summed E-state index contributed by atoms with van der Waals surface area (Å²) in [5.41, 5.74) is 2.17. The van der Waals surface area contributed by atoms with Gasteiger partial charge in [-0.15, -0.1) is 0 Å². The van der Waals surface area contributed by atoms with Gasteiger partial charge in [0.05, 0.1) is 17.6 Å². The summed E-state index contributed by atoms with van der Waals surface area (Å²) < 4.78 is 2.27. The predicted octanol–water partition coefficient (Wildman–Crippen LogP) is 2.58. The molecule has 1 aromatic carbocycles. The summed E-state index contributed by atoms with van der Waals surface area (Å²) in [5.74, 6) is 0.945. The number of nitrogens with zero attached hydrogens (tertiary/aromatic N) is 2. The molecule has 0 spiro atoms. The number of carbonyl (C=O) groups is 1. The van der Waals surface area contributed by atoms with E-state index in [1.54, 1.807) is 0 Å². The maximum absolute atomic E-state index is 11.6. The van der Waals surface area contributed by atoms with Crippen molar-refractivity contribution in [2.45, 2.75) is 38.8 Å². The second kappa shape index (κ2) is 5.53.